The Kier molecular flexibility index (Phi) is 3.97. The maximum absolute atomic E-state index is 11.2. The number of hydrogen-bond acceptors (Lipinski definition) is 1. The molecule has 0 aliphatic rings. The van der Waals surface area contributed by atoms with Gasteiger partial charge in [0.2, 0.25) is 0 Å². The standard InChI is InChI=1S/C14H10BrClO/c15-14-8-6-10(5-7-11(17)9-16)12-3-1-2-4-13(12)14/h1-8H,9H2. The van der Waals surface area contributed by atoms with Gasteiger partial charge in [0, 0.05) is 4.47 Å². The Morgan fingerprint density at radius 1 is 1.18 bits per heavy atom. The number of hydrogen-bond donors (Lipinski definition) is 0. The summed E-state index contributed by atoms with van der Waals surface area (Å²) in [5, 5.41) is 2.24. The highest BCUT2D eigenvalue weighted by Gasteiger charge is 2.01. The minimum absolute atomic E-state index is 0.0188. The summed E-state index contributed by atoms with van der Waals surface area (Å²) in [5.41, 5.74) is 1.02. The summed E-state index contributed by atoms with van der Waals surface area (Å²) >= 11 is 8.97. The molecule has 3 heteroatoms. The van der Waals surface area contributed by atoms with Crippen molar-refractivity contribution in [3.05, 3.63) is 52.5 Å². The second kappa shape index (κ2) is 5.48. The van der Waals surface area contributed by atoms with Gasteiger partial charge in [-0.1, -0.05) is 52.3 Å². The molecule has 0 aromatic heterocycles. The lowest BCUT2D eigenvalue weighted by atomic mass is 10.0. The van der Waals surface area contributed by atoms with E-state index in [1.54, 1.807) is 6.08 Å². The molecule has 0 aliphatic heterocycles. The Labute approximate surface area is 113 Å². The van der Waals surface area contributed by atoms with Crippen LogP contribution in [0.4, 0.5) is 0 Å². The summed E-state index contributed by atoms with van der Waals surface area (Å²) in [5.74, 6) is -0.0658. The Hall–Kier alpha value is -1.12. The summed E-state index contributed by atoms with van der Waals surface area (Å²) in [6.07, 6.45) is 3.32. The van der Waals surface area contributed by atoms with Crippen LogP contribution < -0.4 is 0 Å². The number of benzene rings is 2. The largest absolute Gasteiger partial charge is 0.294 e. The fourth-order valence-corrected chi connectivity index (χ4v) is 2.23. The van der Waals surface area contributed by atoms with Crippen LogP contribution in [-0.4, -0.2) is 11.7 Å². The van der Waals surface area contributed by atoms with Crippen LogP contribution in [0.1, 0.15) is 5.56 Å². The van der Waals surface area contributed by atoms with Crippen LogP contribution in [0, 0.1) is 0 Å². The first-order chi connectivity index (χ1) is 8.22. The lowest BCUT2D eigenvalue weighted by molar-refractivity contribution is -0.112. The summed E-state index contributed by atoms with van der Waals surface area (Å²) in [7, 11) is 0. The minimum atomic E-state index is -0.0846. The molecule has 0 bridgehead atoms. The first-order valence-electron chi connectivity index (χ1n) is 5.16. The van der Waals surface area contributed by atoms with Gasteiger partial charge in [0.05, 0.1) is 5.88 Å². The molecule has 86 valence electrons. The first-order valence-corrected chi connectivity index (χ1v) is 6.49. The minimum Gasteiger partial charge on any atom is -0.294 e. The van der Waals surface area contributed by atoms with E-state index in [1.165, 1.54) is 6.08 Å². The highest BCUT2D eigenvalue weighted by Crippen LogP contribution is 2.27. The molecule has 0 unspecified atom stereocenters. The third-order valence-corrected chi connectivity index (χ3v) is 3.44. The zero-order chi connectivity index (χ0) is 12.3. The molecule has 2 rings (SSSR count). The van der Waals surface area contributed by atoms with Gasteiger partial charge in [-0.15, -0.1) is 11.6 Å². The van der Waals surface area contributed by atoms with Gasteiger partial charge in [0.1, 0.15) is 0 Å². The maximum atomic E-state index is 11.2. The van der Waals surface area contributed by atoms with Gasteiger partial charge in [-0.3, -0.25) is 4.79 Å². The molecule has 0 amide bonds. The SMILES string of the molecule is O=C(C=Cc1ccc(Br)c2ccccc12)CCl. The molecule has 0 saturated carbocycles. The average molecular weight is 310 g/mol. The molecule has 2 aromatic rings. The highest BCUT2D eigenvalue weighted by molar-refractivity contribution is 9.10. The van der Waals surface area contributed by atoms with E-state index < -0.39 is 0 Å². The van der Waals surface area contributed by atoms with E-state index in [9.17, 15) is 4.79 Å². The van der Waals surface area contributed by atoms with E-state index in [0.717, 1.165) is 20.8 Å². The van der Waals surface area contributed by atoms with Gasteiger partial charge in [-0.05, 0) is 28.5 Å². The summed E-state index contributed by atoms with van der Waals surface area (Å²) < 4.78 is 1.05. The second-order valence-corrected chi connectivity index (χ2v) is 4.74. The monoisotopic (exact) mass is 308 g/mol. The van der Waals surface area contributed by atoms with Crippen molar-refractivity contribution in [3.63, 3.8) is 0 Å². The number of allylic oxidation sites excluding steroid dienone is 1. The van der Waals surface area contributed by atoms with Gasteiger partial charge in [-0.25, -0.2) is 0 Å². The van der Waals surface area contributed by atoms with Crippen molar-refractivity contribution in [3.8, 4) is 0 Å². The predicted molar refractivity (Wildman–Crippen MR) is 76.4 cm³/mol. The summed E-state index contributed by atoms with van der Waals surface area (Å²) in [6.45, 7) is 0. The van der Waals surface area contributed by atoms with Crippen LogP contribution in [0.3, 0.4) is 0 Å². The topological polar surface area (TPSA) is 17.1 Å². The van der Waals surface area contributed by atoms with Crippen LogP contribution in [0.25, 0.3) is 16.8 Å². The quantitative estimate of drug-likeness (QED) is 0.606. The van der Waals surface area contributed by atoms with Gasteiger partial charge in [0.25, 0.3) is 0 Å². The Bertz CT molecular complexity index is 590. The molecule has 0 radical (unpaired) electrons. The zero-order valence-electron chi connectivity index (χ0n) is 8.99. The fraction of sp³-hybridized carbons (Fsp3) is 0.0714. The van der Waals surface area contributed by atoms with E-state index in [1.807, 2.05) is 36.4 Å². The molecular formula is C14H10BrClO. The fourth-order valence-electron chi connectivity index (χ4n) is 1.66. The number of carbonyl (C=O) groups excluding carboxylic acids is 1. The second-order valence-electron chi connectivity index (χ2n) is 3.62. The summed E-state index contributed by atoms with van der Waals surface area (Å²) in [4.78, 5) is 11.2. The molecule has 0 atom stereocenters. The zero-order valence-corrected chi connectivity index (χ0v) is 11.3. The molecule has 17 heavy (non-hydrogen) atoms. The molecule has 0 N–H and O–H groups in total. The molecular weight excluding hydrogens is 300 g/mol. The van der Waals surface area contributed by atoms with Gasteiger partial charge in [-0.2, -0.15) is 0 Å². The first kappa shape index (κ1) is 12.3. The number of alkyl halides is 1. The van der Waals surface area contributed by atoms with Crippen molar-refractivity contribution in [2.24, 2.45) is 0 Å². The highest BCUT2D eigenvalue weighted by atomic mass is 79.9. The predicted octanol–water partition coefficient (Wildman–Crippen LogP) is 4.42. The van der Waals surface area contributed by atoms with Crippen molar-refractivity contribution >= 4 is 50.2 Å². The third kappa shape index (κ3) is 2.76. The number of carbonyl (C=O) groups is 1. The Balaban J connectivity index is 2.52. The van der Waals surface area contributed by atoms with Crippen LogP contribution >= 0.6 is 27.5 Å². The number of halogens is 2. The van der Waals surface area contributed by atoms with Crippen molar-refractivity contribution < 1.29 is 4.79 Å². The van der Waals surface area contributed by atoms with Crippen LogP contribution in [0.5, 0.6) is 0 Å². The molecule has 0 saturated heterocycles. The smallest absolute Gasteiger partial charge is 0.170 e. The van der Waals surface area contributed by atoms with Crippen LogP contribution in [0.15, 0.2) is 46.9 Å². The van der Waals surface area contributed by atoms with Crippen molar-refractivity contribution in [1.82, 2.24) is 0 Å². The van der Waals surface area contributed by atoms with Crippen molar-refractivity contribution in [1.29, 1.82) is 0 Å². The molecule has 1 nitrogen and oxygen atoms in total. The average Bonchev–Trinajstić information content (AvgIpc) is 2.38. The number of rotatable bonds is 3. The Morgan fingerprint density at radius 2 is 1.88 bits per heavy atom. The van der Waals surface area contributed by atoms with Crippen LogP contribution in [-0.2, 0) is 4.79 Å². The number of ketones is 1. The maximum Gasteiger partial charge on any atom is 0.170 e. The third-order valence-electron chi connectivity index (χ3n) is 2.49. The summed E-state index contributed by atoms with van der Waals surface area (Å²) in [6, 6.07) is 12.0. The molecule has 0 heterocycles. The molecule has 0 spiro atoms. The molecule has 0 aliphatic carbocycles. The van der Waals surface area contributed by atoms with E-state index in [2.05, 4.69) is 15.9 Å². The van der Waals surface area contributed by atoms with E-state index in [4.69, 9.17) is 11.6 Å². The molecule has 0 fully saturated rings. The number of fused-ring (bicyclic) bond motifs is 1. The Morgan fingerprint density at radius 3 is 2.59 bits per heavy atom. The normalized spacial score (nSPS) is 11.2. The van der Waals surface area contributed by atoms with Gasteiger partial charge >= 0.3 is 0 Å². The van der Waals surface area contributed by atoms with Crippen LogP contribution in [0.2, 0.25) is 0 Å². The van der Waals surface area contributed by atoms with E-state index >= 15 is 0 Å². The lowest BCUT2D eigenvalue weighted by Gasteiger charge is -2.04. The van der Waals surface area contributed by atoms with Crippen molar-refractivity contribution in [2.75, 3.05) is 5.88 Å². The van der Waals surface area contributed by atoms with Gasteiger partial charge < -0.3 is 0 Å². The van der Waals surface area contributed by atoms with Gasteiger partial charge in [0.15, 0.2) is 5.78 Å². The molecule has 2 aromatic carbocycles. The lowest BCUT2D eigenvalue weighted by Crippen LogP contribution is -1.91. The van der Waals surface area contributed by atoms with E-state index in [-0.39, 0.29) is 11.7 Å². The van der Waals surface area contributed by atoms with Crippen molar-refractivity contribution in [2.45, 2.75) is 0 Å². The van der Waals surface area contributed by atoms with E-state index in [0.29, 0.717) is 0 Å².